The van der Waals surface area contributed by atoms with E-state index in [1.54, 1.807) is 6.33 Å². The van der Waals surface area contributed by atoms with Crippen LogP contribution in [0.5, 0.6) is 5.75 Å². The molecule has 0 bridgehead atoms. The van der Waals surface area contributed by atoms with Crippen LogP contribution in [0.2, 0.25) is 0 Å². The third-order valence-corrected chi connectivity index (χ3v) is 3.90. The molecule has 0 spiro atoms. The van der Waals surface area contributed by atoms with Gasteiger partial charge in [-0.05, 0) is 30.5 Å². The smallest absolute Gasteiger partial charge is 0.191 e. The fraction of sp³-hybridized carbons (Fsp3) is 0.550. The molecule has 7 heteroatoms. The van der Waals surface area contributed by atoms with Crippen molar-refractivity contribution in [3.63, 3.8) is 0 Å². The Kier molecular flexibility index (Phi) is 8.61. The first-order valence-electron chi connectivity index (χ1n) is 9.73. The van der Waals surface area contributed by atoms with Crippen LogP contribution in [0.15, 0.2) is 35.6 Å². The van der Waals surface area contributed by atoms with Gasteiger partial charge in [-0.3, -0.25) is 0 Å². The van der Waals surface area contributed by atoms with Crippen LogP contribution in [0.1, 0.15) is 39.1 Å². The number of ether oxygens (including phenoxy) is 1. The van der Waals surface area contributed by atoms with E-state index in [-0.39, 0.29) is 0 Å². The van der Waals surface area contributed by atoms with Gasteiger partial charge in [-0.25, -0.2) is 4.99 Å². The van der Waals surface area contributed by atoms with E-state index in [1.807, 2.05) is 12.1 Å². The van der Waals surface area contributed by atoms with E-state index in [2.05, 4.69) is 70.2 Å². The normalized spacial score (nSPS) is 11.7. The first kappa shape index (κ1) is 20.7. The van der Waals surface area contributed by atoms with Crippen LogP contribution in [-0.4, -0.2) is 40.4 Å². The predicted octanol–water partition coefficient (Wildman–Crippen LogP) is 2.63. The van der Waals surface area contributed by atoms with Gasteiger partial charge >= 0.3 is 0 Å². The van der Waals surface area contributed by atoms with E-state index in [9.17, 15) is 0 Å². The topological polar surface area (TPSA) is 76.4 Å². The summed E-state index contributed by atoms with van der Waals surface area (Å²) in [7, 11) is 0. The zero-order valence-corrected chi connectivity index (χ0v) is 16.9. The zero-order chi connectivity index (χ0) is 19.5. The Labute approximate surface area is 162 Å². The average molecular weight is 373 g/mol. The van der Waals surface area contributed by atoms with E-state index in [0.29, 0.717) is 12.5 Å². The molecule has 0 aliphatic carbocycles. The summed E-state index contributed by atoms with van der Waals surface area (Å²) in [6.45, 7) is 12.1. The molecule has 27 heavy (non-hydrogen) atoms. The number of aromatic nitrogens is 3. The second-order valence-corrected chi connectivity index (χ2v) is 6.77. The molecular formula is C20H32N6O. The maximum atomic E-state index is 5.80. The van der Waals surface area contributed by atoms with Gasteiger partial charge in [0.15, 0.2) is 5.96 Å². The molecule has 0 radical (unpaired) electrons. The zero-order valence-electron chi connectivity index (χ0n) is 16.9. The molecule has 0 saturated heterocycles. The summed E-state index contributed by atoms with van der Waals surface area (Å²) in [4.78, 5) is 4.68. The lowest BCUT2D eigenvalue weighted by Gasteiger charge is -2.13. The first-order chi connectivity index (χ1) is 13.1. The molecule has 0 unspecified atom stereocenters. The minimum Gasteiger partial charge on any atom is -0.493 e. The minimum atomic E-state index is 0.509. The number of hydrogen-bond donors (Lipinski definition) is 2. The molecular weight excluding hydrogens is 340 g/mol. The van der Waals surface area contributed by atoms with Gasteiger partial charge in [-0.2, -0.15) is 0 Å². The lowest BCUT2D eigenvalue weighted by Crippen LogP contribution is -2.38. The van der Waals surface area contributed by atoms with Crippen molar-refractivity contribution in [1.29, 1.82) is 0 Å². The second kappa shape index (κ2) is 11.2. The van der Waals surface area contributed by atoms with Crippen molar-refractivity contribution in [2.24, 2.45) is 10.9 Å². The van der Waals surface area contributed by atoms with E-state index >= 15 is 0 Å². The van der Waals surface area contributed by atoms with Crippen molar-refractivity contribution in [2.45, 2.75) is 47.2 Å². The Balaban J connectivity index is 1.89. The molecule has 0 amide bonds. The van der Waals surface area contributed by atoms with Crippen molar-refractivity contribution in [3.8, 4) is 5.75 Å². The van der Waals surface area contributed by atoms with Crippen LogP contribution >= 0.6 is 0 Å². The molecule has 2 rings (SSSR count). The number of aliphatic imine (C=N–C) groups is 1. The first-order valence-corrected chi connectivity index (χ1v) is 9.73. The molecule has 0 atom stereocenters. The number of nitrogens with zero attached hydrogens (tertiary/aromatic N) is 4. The van der Waals surface area contributed by atoms with Gasteiger partial charge in [0.1, 0.15) is 17.9 Å². The maximum Gasteiger partial charge on any atom is 0.191 e. The highest BCUT2D eigenvalue weighted by Crippen LogP contribution is 2.15. The summed E-state index contributed by atoms with van der Waals surface area (Å²) in [5.74, 6) is 3.21. The van der Waals surface area contributed by atoms with Crippen molar-refractivity contribution in [2.75, 3.05) is 19.7 Å². The van der Waals surface area contributed by atoms with Crippen LogP contribution in [0.25, 0.3) is 0 Å². The number of guanidine groups is 1. The molecule has 0 aliphatic heterocycles. The van der Waals surface area contributed by atoms with Gasteiger partial charge in [0, 0.05) is 26.1 Å². The van der Waals surface area contributed by atoms with Crippen molar-refractivity contribution < 1.29 is 4.74 Å². The van der Waals surface area contributed by atoms with Crippen LogP contribution in [-0.2, 0) is 19.5 Å². The van der Waals surface area contributed by atoms with Crippen LogP contribution in [0.4, 0.5) is 0 Å². The summed E-state index contributed by atoms with van der Waals surface area (Å²) in [6, 6.07) is 8.13. The molecule has 0 aliphatic rings. The number of nitrogens with one attached hydrogen (secondary N) is 2. The van der Waals surface area contributed by atoms with Crippen molar-refractivity contribution in [3.05, 3.63) is 42.0 Å². The van der Waals surface area contributed by atoms with Crippen LogP contribution in [0.3, 0.4) is 0 Å². The summed E-state index contributed by atoms with van der Waals surface area (Å²) < 4.78 is 7.86. The standard InChI is InChI=1S/C20H32N6O/c1-5-19-25-24-15-26(19)11-10-22-20(21-6-2)23-13-17-8-7-9-18(12-17)27-14-16(3)4/h7-9,12,15-16H,5-6,10-11,13-14H2,1-4H3,(H2,21,22,23). The highest BCUT2D eigenvalue weighted by Gasteiger charge is 2.03. The molecule has 7 nitrogen and oxygen atoms in total. The summed E-state index contributed by atoms with van der Waals surface area (Å²) in [6.07, 6.45) is 2.65. The van der Waals surface area contributed by atoms with Gasteiger partial charge in [0.25, 0.3) is 0 Å². The number of aryl methyl sites for hydroxylation is 1. The lowest BCUT2D eigenvalue weighted by atomic mass is 10.2. The molecule has 1 heterocycles. The van der Waals surface area contributed by atoms with Crippen molar-refractivity contribution in [1.82, 2.24) is 25.4 Å². The highest BCUT2D eigenvalue weighted by molar-refractivity contribution is 5.79. The molecule has 1 aromatic heterocycles. The molecule has 2 N–H and O–H groups in total. The Bertz CT molecular complexity index is 710. The number of benzene rings is 1. The van der Waals surface area contributed by atoms with Crippen molar-refractivity contribution >= 4 is 5.96 Å². The minimum absolute atomic E-state index is 0.509. The Morgan fingerprint density at radius 3 is 2.85 bits per heavy atom. The van der Waals surface area contributed by atoms with Gasteiger partial charge < -0.3 is 19.9 Å². The third kappa shape index (κ3) is 7.29. The summed E-state index contributed by atoms with van der Waals surface area (Å²) in [5, 5.41) is 14.7. The fourth-order valence-electron chi connectivity index (χ4n) is 2.54. The van der Waals surface area contributed by atoms with E-state index in [0.717, 1.165) is 55.8 Å². The van der Waals surface area contributed by atoms with E-state index < -0.39 is 0 Å². The lowest BCUT2D eigenvalue weighted by molar-refractivity contribution is 0.271. The van der Waals surface area contributed by atoms with Crippen LogP contribution < -0.4 is 15.4 Å². The molecule has 148 valence electrons. The highest BCUT2D eigenvalue weighted by atomic mass is 16.5. The Morgan fingerprint density at radius 2 is 2.11 bits per heavy atom. The monoisotopic (exact) mass is 372 g/mol. The molecule has 2 aromatic rings. The quantitative estimate of drug-likeness (QED) is 0.495. The average Bonchev–Trinajstić information content (AvgIpc) is 3.12. The molecule has 0 fully saturated rings. The van der Waals surface area contributed by atoms with Gasteiger partial charge in [-0.1, -0.05) is 32.9 Å². The molecule has 1 aromatic carbocycles. The second-order valence-electron chi connectivity index (χ2n) is 6.77. The number of rotatable bonds is 10. The Morgan fingerprint density at radius 1 is 1.26 bits per heavy atom. The van der Waals surface area contributed by atoms with Crippen LogP contribution in [0, 0.1) is 5.92 Å². The van der Waals surface area contributed by atoms with Gasteiger partial charge in [0.05, 0.1) is 13.2 Å². The largest absolute Gasteiger partial charge is 0.493 e. The van der Waals surface area contributed by atoms with E-state index in [4.69, 9.17) is 4.74 Å². The van der Waals surface area contributed by atoms with E-state index in [1.165, 1.54) is 0 Å². The summed E-state index contributed by atoms with van der Waals surface area (Å²) in [5.41, 5.74) is 1.13. The van der Waals surface area contributed by atoms with Gasteiger partial charge in [-0.15, -0.1) is 10.2 Å². The Hall–Kier alpha value is -2.57. The van der Waals surface area contributed by atoms with Gasteiger partial charge in [0.2, 0.25) is 0 Å². The molecule has 0 saturated carbocycles. The predicted molar refractivity (Wildman–Crippen MR) is 109 cm³/mol. The summed E-state index contributed by atoms with van der Waals surface area (Å²) >= 11 is 0. The maximum absolute atomic E-state index is 5.80. The third-order valence-electron chi connectivity index (χ3n) is 3.90. The SMILES string of the molecule is CCNC(=NCc1cccc(OCC(C)C)c1)NCCn1cnnc1CC. The number of hydrogen-bond acceptors (Lipinski definition) is 4. The fourth-order valence-corrected chi connectivity index (χ4v) is 2.54.